The van der Waals surface area contributed by atoms with Gasteiger partial charge in [-0.1, -0.05) is 50.2 Å². The first-order valence-corrected chi connectivity index (χ1v) is 11.1. The Kier molecular flexibility index (Phi) is 5.05. The first-order chi connectivity index (χ1) is 15.4. The zero-order valence-electron chi connectivity index (χ0n) is 18.9. The molecule has 0 atom stereocenters. The van der Waals surface area contributed by atoms with Gasteiger partial charge in [0.2, 0.25) is 5.69 Å². The van der Waals surface area contributed by atoms with E-state index in [9.17, 15) is 4.39 Å². The van der Waals surface area contributed by atoms with Crippen molar-refractivity contribution in [3.8, 4) is 22.4 Å². The summed E-state index contributed by atoms with van der Waals surface area (Å²) in [4.78, 5) is 0. The van der Waals surface area contributed by atoms with Crippen LogP contribution in [0.15, 0.2) is 77.3 Å². The van der Waals surface area contributed by atoms with Crippen molar-refractivity contribution in [3.63, 3.8) is 0 Å². The van der Waals surface area contributed by atoms with Crippen LogP contribution < -0.4 is 4.57 Å². The Balaban J connectivity index is 1.71. The molecular formula is C29H27FNO+. The van der Waals surface area contributed by atoms with Crippen LogP contribution in [0.1, 0.15) is 25.0 Å². The number of aryl methyl sites for hydroxylation is 2. The first-order valence-electron chi connectivity index (χ1n) is 11.1. The lowest BCUT2D eigenvalue weighted by atomic mass is 9.95. The van der Waals surface area contributed by atoms with E-state index in [0.717, 1.165) is 61.9 Å². The van der Waals surface area contributed by atoms with Gasteiger partial charge in [-0.05, 0) is 59.7 Å². The molecule has 0 fully saturated rings. The highest BCUT2D eigenvalue weighted by Crippen LogP contribution is 2.37. The van der Waals surface area contributed by atoms with E-state index in [1.165, 1.54) is 0 Å². The van der Waals surface area contributed by atoms with Crippen LogP contribution in [-0.4, -0.2) is 0 Å². The van der Waals surface area contributed by atoms with E-state index in [-0.39, 0.29) is 5.82 Å². The number of hydrogen-bond donors (Lipinski definition) is 0. The quantitative estimate of drug-likeness (QED) is 0.275. The molecule has 0 bridgehead atoms. The predicted octanol–water partition coefficient (Wildman–Crippen LogP) is 7.39. The van der Waals surface area contributed by atoms with Gasteiger partial charge in [-0.15, -0.1) is 0 Å². The van der Waals surface area contributed by atoms with E-state index in [2.05, 4.69) is 68.9 Å². The largest absolute Gasteiger partial charge is 0.455 e. The smallest absolute Gasteiger partial charge is 0.216 e. The summed E-state index contributed by atoms with van der Waals surface area (Å²) in [5.74, 6) is 0.268. The summed E-state index contributed by atoms with van der Waals surface area (Å²) in [6.07, 6.45) is 2.79. The van der Waals surface area contributed by atoms with Gasteiger partial charge in [0.05, 0.1) is 5.56 Å². The van der Waals surface area contributed by atoms with E-state index in [0.29, 0.717) is 5.92 Å². The number of para-hydroxylation sites is 1. The average molecular weight is 425 g/mol. The maximum absolute atomic E-state index is 14.4. The molecule has 2 aromatic heterocycles. The third-order valence-electron chi connectivity index (χ3n) is 6.17. The molecule has 32 heavy (non-hydrogen) atoms. The Morgan fingerprint density at radius 2 is 1.69 bits per heavy atom. The number of aromatic nitrogens is 1. The van der Waals surface area contributed by atoms with Gasteiger partial charge in [-0.3, -0.25) is 0 Å². The lowest BCUT2D eigenvalue weighted by Crippen LogP contribution is -2.30. The number of hydrogen-bond acceptors (Lipinski definition) is 1. The zero-order chi connectivity index (χ0) is 22.4. The molecule has 160 valence electrons. The predicted molar refractivity (Wildman–Crippen MR) is 129 cm³/mol. The zero-order valence-corrected chi connectivity index (χ0v) is 18.9. The minimum atomic E-state index is -0.132. The molecule has 0 spiro atoms. The Labute approximate surface area is 187 Å². The van der Waals surface area contributed by atoms with Crippen molar-refractivity contribution in [2.24, 2.45) is 13.0 Å². The van der Waals surface area contributed by atoms with Crippen molar-refractivity contribution in [2.45, 2.75) is 27.2 Å². The first kappa shape index (κ1) is 20.4. The summed E-state index contributed by atoms with van der Waals surface area (Å²) >= 11 is 0. The van der Waals surface area contributed by atoms with Gasteiger partial charge in [0.1, 0.15) is 24.0 Å². The van der Waals surface area contributed by atoms with E-state index in [1.807, 2.05) is 30.3 Å². The average Bonchev–Trinajstić information content (AvgIpc) is 3.14. The van der Waals surface area contributed by atoms with E-state index in [1.54, 1.807) is 6.07 Å². The maximum atomic E-state index is 14.4. The Hall–Kier alpha value is -3.46. The van der Waals surface area contributed by atoms with Crippen molar-refractivity contribution in [1.82, 2.24) is 0 Å². The molecule has 0 aliphatic heterocycles. The molecule has 0 saturated carbocycles. The summed E-state index contributed by atoms with van der Waals surface area (Å²) in [6, 6.07) is 22.2. The second-order valence-electron chi connectivity index (χ2n) is 9.05. The summed E-state index contributed by atoms with van der Waals surface area (Å²) in [5, 5.41) is 2.24. The van der Waals surface area contributed by atoms with Crippen LogP contribution in [0.2, 0.25) is 0 Å². The van der Waals surface area contributed by atoms with E-state index >= 15 is 0 Å². The highest BCUT2D eigenvalue weighted by atomic mass is 19.1. The van der Waals surface area contributed by atoms with Crippen molar-refractivity contribution in [1.29, 1.82) is 0 Å². The molecule has 0 aliphatic carbocycles. The minimum absolute atomic E-state index is 0.132. The summed E-state index contributed by atoms with van der Waals surface area (Å²) in [7, 11) is 2.05. The molecule has 3 heteroatoms. The Morgan fingerprint density at radius 1 is 0.906 bits per heavy atom. The van der Waals surface area contributed by atoms with Gasteiger partial charge < -0.3 is 4.42 Å². The van der Waals surface area contributed by atoms with Gasteiger partial charge in [0, 0.05) is 22.9 Å². The summed E-state index contributed by atoms with van der Waals surface area (Å²) in [5.41, 5.74) is 7.97. The molecular weight excluding hydrogens is 397 g/mol. The number of benzene rings is 3. The molecule has 5 aromatic rings. The van der Waals surface area contributed by atoms with E-state index < -0.39 is 0 Å². The van der Waals surface area contributed by atoms with Gasteiger partial charge in [-0.25, -0.2) is 8.96 Å². The van der Waals surface area contributed by atoms with Crippen LogP contribution in [0, 0.1) is 18.7 Å². The fourth-order valence-electron chi connectivity index (χ4n) is 4.55. The number of pyridine rings is 1. The molecule has 5 rings (SSSR count). The third-order valence-corrected chi connectivity index (χ3v) is 6.17. The molecule has 0 N–H and O–H groups in total. The number of nitrogens with zero attached hydrogens (tertiary/aromatic N) is 1. The van der Waals surface area contributed by atoms with E-state index in [4.69, 9.17) is 4.42 Å². The molecule has 0 saturated heterocycles. The fraction of sp³-hybridized carbons (Fsp3) is 0.207. The summed E-state index contributed by atoms with van der Waals surface area (Å²) in [6.45, 7) is 6.35. The molecule has 0 amide bonds. The van der Waals surface area contributed by atoms with Crippen LogP contribution in [0.5, 0.6) is 0 Å². The second kappa shape index (κ2) is 7.90. The Bertz CT molecular complexity index is 1460. The van der Waals surface area contributed by atoms with Crippen LogP contribution in [-0.2, 0) is 13.5 Å². The van der Waals surface area contributed by atoms with Gasteiger partial charge in [0.25, 0.3) is 0 Å². The third kappa shape index (κ3) is 3.48. The van der Waals surface area contributed by atoms with Crippen LogP contribution in [0.3, 0.4) is 0 Å². The molecule has 0 unspecified atom stereocenters. The van der Waals surface area contributed by atoms with Crippen molar-refractivity contribution >= 4 is 21.9 Å². The normalized spacial score (nSPS) is 11.7. The maximum Gasteiger partial charge on any atom is 0.216 e. The second-order valence-corrected chi connectivity index (χ2v) is 9.05. The molecule has 3 aromatic carbocycles. The van der Waals surface area contributed by atoms with Crippen LogP contribution in [0.25, 0.3) is 44.3 Å². The van der Waals surface area contributed by atoms with Gasteiger partial charge in [-0.2, -0.15) is 0 Å². The number of halogens is 1. The topological polar surface area (TPSA) is 17.0 Å². The van der Waals surface area contributed by atoms with Crippen molar-refractivity contribution in [3.05, 3.63) is 89.9 Å². The summed E-state index contributed by atoms with van der Waals surface area (Å²) < 4.78 is 22.8. The highest BCUT2D eigenvalue weighted by molar-refractivity contribution is 6.09. The van der Waals surface area contributed by atoms with Gasteiger partial charge in [0.15, 0.2) is 6.20 Å². The van der Waals surface area contributed by atoms with Crippen molar-refractivity contribution < 1.29 is 13.4 Å². The molecule has 0 aliphatic rings. The number of fused-ring (bicyclic) bond motifs is 3. The highest BCUT2D eigenvalue weighted by Gasteiger charge is 2.21. The molecule has 0 radical (unpaired) electrons. The standard InChI is InChI=1S/C29H27FNO/c1-18(2)15-22-16-20(10-12-25(22)30)21-13-14-31(4)26(17-21)28-19(3)9-11-24-23-7-5-6-8-27(23)32-29(24)28/h5-14,16-18H,15H2,1-4H3/q+1. The van der Waals surface area contributed by atoms with Crippen molar-refractivity contribution in [2.75, 3.05) is 0 Å². The number of rotatable bonds is 4. The SMILES string of the molecule is Cc1ccc2c(oc3ccccc32)c1-c1cc(-c2ccc(F)c(CC(C)C)c2)cc[n+]1C. The monoisotopic (exact) mass is 424 g/mol. The number of furan rings is 1. The van der Waals surface area contributed by atoms with Crippen LogP contribution >= 0.6 is 0 Å². The Morgan fingerprint density at radius 3 is 2.50 bits per heavy atom. The fourth-order valence-corrected chi connectivity index (χ4v) is 4.55. The lowest BCUT2D eigenvalue weighted by molar-refractivity contribution is -0.660. The molecule has 2 heterocycles. The minimum Gasteiger partial charge on any atom is -0.455 e. The van der Waals surface area contributed by atoms with Gasteiger partial charge >= 0.3 is 0 Å². The lowest BCUT2D eigenvalue weighted by Gasteiger charge is -2.11. The molecule has 2 nitrogen and oxygen atoms in total. The van der Waals surface area contributed by atoms with Crippen LogP contribution in [0.4, 0.5) is 4.39 Å².